The van der Waals surface area contributed by atoms with Gasteiger partial charge in [0.2, 0.25) is 0 Å². The Bertz CT molecular complexity index is 499. The highest BCUT2D eigenvalue weighted by atomic mass is 16.3. The zero-order valence-electron chi connectivity index (χ0n) is 8.77. The third-order valence-corrected chi connectivity index (χ3v) is 2.72. The molecular weight excluding hydrogens is 192 g/mol. The SMILES string of the molecule is Cc1cc2c(o1)CC(C)Cn1nnnc1-2. The first-order chi connectivity index (χ1) is 7.24. The van der Waals surface area contributed by atoms with E-state index in [-0.39, 0.29) is 0 Å². The predicted molar refractivity (Wildman–Crippen MR) is 53.1 cm³/mol. The van der Waals surface area contributed by atoms with Crippen molar-refractivity contribution in [2.45, 2.75) is 26.8 Å². The second-order valence-electron chi connectivity index (χ2n) is 4.19. The Morgan fingerprint density at radius 3 is 3.27 bits per heavy atom. The standard InChI is InChI=1S/C10H12N4O/c1-6-3-9-8(4-7(2)15-9)10-11-12-13-14(10)5-6/h4,6H,3,5H2,1-2H3. The van der Waals surface area contributed by atoms with Gasteiger partial charge in [0.1, 0.15) is 11.5 Å². The average molecular weight is 204 g/mol. The zero-order valence-corrected chi connectivity index (χ0v) is 8.77. The van der Waals surface area contributed by atoms with Crippen LogP contribution in [0.3, 0.4) is 0 Å². The molecule has 0 fully saturated rings. The molecule has 0 amide bonds. The van der Waals surface area contributed by atoms with Gasteiger partial charge in [-0.3, -0.25) is 0 Å². The summed E-state index contributed by atoms with van der Waals surface area (Å²) in [6, 6.07) is 2.01. The summed E-state index contributed by atoms with van der Waals surface area (Å²) in [5, 5.41) is 11.7. The van der Waals surface area contributed by atoms with Crippen molar-refractivity contribution in [1.29, 1.82) is 0 Å². The minimum absolute atomic E-state index is 0.499. The molecule has 1 aliphatic heterocycles. The zero-order chi connectivity index (χ0) is 10.4. The number of hydrogen-bond donors (Lipinski definition) is 0. The van der Waals surface area contributed by atoms with Crippen LogP contribution in [0.1, 0.15) is 18.4 Å². The lowest BCUT2D eigenvalue weighted by atomic mass is 10.1. The van der Waals surface area contributed by atoms with Crippen LogP contribution in [0, 0.1) is 12.8 Å². The largest absolute Gasteiger partial charge is 0.466 e. The molecule has 0 spiro atoms. The highest BCUT2D eigenvalue weighted by Gasteiger charge is 2.24. The lowest BCUT2D eigenvalue weighted by molar-refractivity contribution is 0.403. The van der Waals surface area contributed by atoms with Gasteiger partial charge in [-0.2, -0.15) is 0 Å². The molecule has 0 radical (unpaired) electrons. The van der Waals surface area contributed by atoms with E-state index in [9.17, 15) is 0 Å². The Hall–Kier alpha value is -1.65. The number of rotatable bonds is 0. The normalized spacial score (nSPS) is 19.5. The average Bonchev–Trinajstić information content (AvgIpc) is 2.70. The van der Waals surface area contributed by atoms with E-state index in [1.165, 1.54) is 0 Å². The van der Waals surface area contributed by atoms with E-state index in [1.54, 1.807) is 0 Å². The first-order valence-corrected chi connectivity index (χ1v) is 5.10. The summed E-state index contributed by atoms with van der Waals surface area (Å²) in [5.41, 5.74) is 1.04. The molecule has 1 unspecified atom stereocenters. The van der Waals surface area contributed by atoms with Gasteiger partial charge < -0.3 is 4.42 Å². The number of fused-ring (bicyclic) bond motifs is 3. The smallest absolute Gasteiger partial charge is 0.185 e. The molecule has 2 aromatic rings. The molecule has 5 nitrogen and oxygen atoms in total. The molecule has 1 aliphatic rings. The maximum absolute atomic E-state index is 5.67. The van der Waals surface area contributed by atoms with E-state index in [4.69, 9.17) is 4.42 Å². The Morgan fingerprint density at radius 1 is 1.53 bits per heavy atom. The Labute approximate surface area is 87.1 Å². The summed E-state index contributed by atoms with van der Waals surface area (Å²) in [5.74, 6) is 3.25. The lowest BCUT2D eigenvalue weighted by Gasteiger charge is -2.05. The number of hydrogen-bond acceptors (Lipinski definition) is 4. The van der Waals surface area contributed by atoms with Crippen molar-refractivity contribution >= 4 is 0 Å². The minimum Gasteiger partial charge on any atom is -0.466 e. The van der Waals surface area contributed by atoms with Crippen molar-refractivity contribution in [2.75, 3.05) is 0 Å². The van der Waals surface area contributed by atoms with E-state index in [2.05, 4.69) is 22.4 Å². The van der Waals surface area contributed by atoms with Crippen LogP contribution >= 0.6 is 0 Å². The van der Waals surface area contributed by atoms with Crippen LogP contribution in [0.2, 0.25) is 0 Å². The fourth-order valence-corrected chi connectivity index (χ4v) is 2.10. The van der Waals surface area contributed by atoms with Crippen molar-refractivity contribution in [3.63, 3.8) is 0 Å². The maximum Gasteiger partial charge on any atom is 0.185 e. The van der Waals surface area contributed by atoms with Crippen LogP contribution in [-0.4, -0.2) is 20.2 Å². The highest BCUT2D eigenvalue weighted by Crippen LogP contribution is 2.30. The molecule has 0 aliphatic carbocycles. The molecule has 5 heteroatoms. The molecule has 15 heavy (non-hydrogen) atoms. The van der Waals surface area contributed by atoms with Gasteiger partial charge in [0.05, 0.1) is 5.56 Å². The Balaban J connectivity index is 2.24. The van der Waals surface area contributed by atoms with Crippen LogP contribution in [0.5, 0.6) is 0 Å². The van der Waals surface area contributed by atoms with Crippen LogP contribution in [0.15, 0.2) is 10.5 Å². The number of furan rings is 1. The number of nitrogens with zero attached hydrogens (tertiary/aromatic N) is 4. The van der Waals surface area contributed by atoms with E-state index in [0.717, 1.165) is 35.9 Å². The molecule has 0 saturated heterocycles. The maximum atomic E-state index is 5.67. The minimum atomic E-state index is 0.499. The molecule has 0 saturated carbocycles. The Kier molecular flexibility index (Phi) is 1.68. The number of tetrazole rings is 1. The lowest BCUT2D eigenvalue weighted by Crippen LogP contribution is -2.09. The number of aromatic nitrogens is 4. The molecule has 0 bridgehead atoms. The predicted octanol–water partition coefficient (Wildman–Crippen LogP) is 1.43. The fraction of sp³-hybridized carbons (Fsp3) is 0.500. The molecule has 3 heterocycles. The van der Waals surface area contributed by atoms with E-state index in [1.807, 2.05) is 17.7 Å². The van der Waals surface area contributed by atoms with Crippen molar-refractivity contribution in [2.24, 2.45) is 5.92 Å². The van der Waals surface area contributed by atoms with E-state index < -0.39 is 0 Å². The van der Waals surface area contributed by atoms with Crippen molar-refractivity contribution in [3.8, 4) is 11.4 Å². The second kappa shape index (κ2) is 2.92. The third kappa shape index (κ3) is 1.26. The van der Waals surface area contributed by atoms with Gasteiger partial charge in [0, 0.05) is 13.0 Å². The Morgan fingerprint density at radius 2 is 2.40 bits per heavy atom. The summed E-state index contributed by atoms with van der Waals surface area (Å²) in [7, 11) is 0. The molecule has 0 aromatic carbocycles. The van der Waals surface area contributed by atoms with Gasteiger partial charge >= 0.3 is 0 Å². The van der Waals surface area contributed by atoms with Gasteiger partial charge in [-0.1, -0.05) is 6.92 Å². The van der Waals surface area contributed by atoms with E-state index in [0.29, 0.717) is 5.92 Å². The fourth-order valence-electron chi connectivity index (χ4n) is 2.10. The van der Waals surface area contributed by atoms with Gasteiger partial charge in [-0.15, -0.1) is 5.10 Å². The van der Waals surface area contributed by atoms with Gasteiger partial charge in [0.25, 0.3) is 0 Å². The second-order valence-corrected chi connectivity index (χ2v) is 4.19. The molecule has 0 N–H and O–H groups in total. The van der Waals surface area contributed by atoms with Crippen LogP contribution in [-0.2, 0) is 13.0 Å². The van der Waals surface area contributed by atoms with Crippen molar-refractivity contribution in [3.05, 3.63) is 17.6 Å². The summed E-state index contributed by atoms with van der Waals surface area (Å²) >= 11 is 0. The van der Waals surface area contributed by atoms with Gasteiger partial charge in [-0.25, -0.2) is 4.68 Å². The molecule has 2 aromatic heterocycles. The molecule has 78 valence electrons. The van der Waals surface area contributed by atoms with Gasteiger partial charge in [-0.05, 0) is 29.3 Å². The van der Waals surface area contributed by atoms with E-state index >= 15 is 0 Å². The van der Waals surface area contributed by atoms with Crippen molar-refractivity contribution < 1.29 is 4.42 Å². The van der Waals surface area contributed by atoms with Crippen LogP contribution < -0.4 is 0 Å². The van der Waals surface area contributed by atoms with Crippen LogP contribution in [0.4, 0.5) is 0 Å². The first-order valence-electron chi connectivity index (χ1n) is 5.10. The molecule has 3 rings (SSSR count). The summed E-state index contributed by atoms with van der Waals surface area (Å²) in [6.07, 6.45) is 0.939. The molecular formula is C10H12N4O. The number of aryl methyl sites for hydroxylation is 1. The van der Waals surface area contributed by atoms with Gasteiger partial charge in [0.15, 0.2) is 5.82 Å². The summed E-state index contributed by atoms with van der Waals surface area (Å²) in [6.45, 7) is 4.98. The van der Waals surface area contributed by atoms with Crippen molar-refractivity contribution in [1.82, 2.24) is 20.2 Å². The first kappa shape index (κ1) is 8.64. The topological polar surface area (TPSA) is 56.7 Å². The highest BCUT2D eigenvalue weighted by molar-refractivity contribution is 5.58. The summed E-state index contributed by atoms with van der Waals surface area (Å²) in [4.78, 5) is 0. The quantitative estimate of drug-likeness (QED) is 0.651. The monoisotopic (exact) mass is 204 g/mol. The van der Waals surface area contributed by atoms with Crippen LogP contribution in [0.25, 0.3) is 11.4 Å². The molecule has 1 atom stereocenters. The summed E-state index contributed by atoms with van der Waals surface area (Å²) < 4.78 is 7.53. The third-order valence-electron chi connectivity index (χ3n) is 2.72.